The Balaban J connectivity index is 1.48. The highest BCUT2D eigenvalue weighted by Gasteiger charge is 2.24. The summed E-state index contributed by atoms with van der Waals surface area (Å²) in [6.07, 6.45) is 1.66. The number of nitrogens with zero attached hydrogens (tertiary/aromatic N) is 2. The Hall–Kier alpha value is -2.51. The molecule has 1 aliphatic rings. The topological polar surface area (TPSA) is 84.0 Å². The van der Waals surface area contributed by atoms with Gasteiger partial charge in [-0.05, 0) is 59.9 Å². The number of sulfonamides is 1. The summed E-state index contributed by atoms with van der Waals surface area (Å²) in [7, 11) is -3.55. The van der Waals surface area contributed by atoms with Crippen molar-refractivity contribution in [2.45, 2.75) is 24.7 Å². The van der Waals surface area contributed by atoms with Gasteiger partial charge in [-0.1, -0.05) is 24.3 Å². The fraction of sp³-hybridized carbons (Fsp3) is 0.263. The smallest absolute Gasteiger partial charge is 0.240 e. The van der Waals surface area contributed by atoms with Crippen molar-refractivity contribution in [3.8, 4) is 0 Å². The Bertz CT molecular complexity index is 1060. The second kappa shape index (κ2) is 6.66. The molecule has 1 aromatic heterocycles. The van der Waals surface area contributed by atoms with Crippen LogP contribution in [0.1, 0.15) is 16.8 Å². The molecule has 0 saturated heterocycles. The number of nitrogens with one attached hydrogen (secondary N) is 2. The molecular formula is C19H20N4O2S. The zero-order chi connectivity index (χ0) is 18.1. The Kier molecular flexibility index (Phi) is 4.34. The molecule has 1 heterocycles. The van der Waals surface area contributed by atoms with Crippen LogP contribution in [0, 0.1) is 6.92 Å². The molecule has 26 heavy (non-hydrogen) atoms. The van der Waals surface area contributed by atoms with Crippen LogP contribution in [-0.2, 0) is 22.9 Å². The first kappa shape index (κ1) is 16.9. The minimum Gasteiger partial charge on any atom is -0.367 e. The van der Waals surface area contributed by atoms with E-state index >= 15 is 0 Å². The van der Waals surface area contributed by atoms with E-state index in [0.29, 0.717) is 17.3 Å². The van der Waals surface area contributed by atoms with Crippen molar-refractivity contribution in [3.05, 3.63) is 59.3 Å². The van der Waals surface area contributed by atoms with Crippen molar-refractivity contribution in [2.24, 2.45) is 0 Å². The van der Waals surface area contributed by atoms with Crippen LogP contribution in [0.25, 0.3) is 10.8 Å². The lowest BCUT2D eigenvalue weighted by atomic mass is 10.1. The lowest BCUT2D eigenvalue weighted by molar-refractivity contribution is 0.582. The van der Waals surface area contributed by atoms with Crippen LogP contribution in [0.5, 0.6) is 0 Å². The van der Waals surface area contributed by atoms with Crippen LogP contribution in [-0.4, -0.2) is 31.7 Å². The van der Waals surface area contributed by atoms with Crippen molar-refractivity contribution >= 4 is 26.6 Å². The monoisotopic (exact) mass is 368 g/mol. The summed E-state index contributed by atoms with van der Waals surface area (Å²) in [5, 5.41) is 13.2. The van der Waals surface area contributed by atoms with Gasteiger partial charge in [-0.2, -0.15) is 5.10 Å². The van der Waals surface area contributed by atoms with Crippen molar-refractivity contribution in [1.29, 1.82) is 0 Å². The average molecular weight is 368 g/mol. The van der Waals surface area contributed by atoms with E-state index in [2.05, 4.69) is 26.3 Å². The average Bonchev–Trinajstić information content (AvgIpc) is 3.06. The minimum atomic E-state index is -3.55. The molecule has 0 amide bonds. The van der Waals surface area contributed by atoms with Gasteiger partial charge in [-0.25, -0.2) is 13.1 Å². The summed E-state index contributed by atoms with van der Waals surface area (Å²) >= 11 is 0. The summed E-state index contributed by atoms with van der Waals surface area (Å²) in [6, 6.07) is 13.4. The third-order valence-corrected chi connectivity index (χ3v) is 6.20. The Labute approximate surface area is 152 Å². The summed E-state index contributed by atoms with van der Waals surface area (Å²) in [5.41, 5.74) is 3.00. The fourth-order valence-electron chi connectivity index (χ4n) is 3.43. The molecule has 2 N–H and O–H groups in total. The predicted molar refractivity (Wildman–Crippen MR) is 102 cm³/mol. The first-order valence-corrected chi connectivity index (χ1v) is 10.1. The second-order valence-electron chi connectivity index (χ2n) is 6.44. The molecule has 0 aliphatic heterocycles. The van der Waals surface area contributed by atoms with Gasteiger partial charge in [0.1, 0.15) is 5.82 Å². The van der Waals surface area contributed by atoms with Gasteiger partial charge in [0.05, 0.1) is 10.6 Å². The van der Waals surface area contributed by atoms with E-state index in [1.807, 2.05) is 37.3 Å². The predicted octanol–water partition coefficient (Wildman–Crippen LogP) is 2.43. The molecule has 0 unspecified atom stereocenters. The maximum absolute atomic E-state index is 12.8. The van der Waals surface area contributed by atoms with E-state index in [9.17, 15) is 8.42 Å². The first-order chi connectivity index (χ1) is 12.5. The van der Waals surface area contributed by atoms with Gasteiger partial charge in [-0.3, -0.25) is 0 Å². The van der Waals surface area contributed by atoms with E-state index in [4.69, 9.17) is 0 Å². The SMILES string of the molecule is Cc1ccc(NCCNS(=O)(=O)c2ccc3cccc4c3c2CC4)nn1. The molecule has 134 valence electrons. The highest BCUT2D eigenvalue weighted by molar-refractivity contribution is 7.89. The molecule has 0 saturated carbocycles. The van der Waals surface area contributed by atoms with Gasteiger partial charge in [0.25, 0.3) is 0 Å². The molecule has 3 aromatic rings. The van der Waals surface area contributed by atoms with E-state index in [1.165, 1.54) is 5.56 Å². The third-order valence-electron chi connectivity index (χ3n) is 4.65. The van der Waals surface area contributed by atoms with Gasteiger partial charge < -0.3 is 5.32 Å². The first-order valence-electron chi connectivity index (χ1n) is 8.62. The largest absolute Gasteiger partial charge is 0.367 e. The highest BCUT2D eigenvalue weighted by atomic mass is 32.2. The standard InChI is InChI=1S/C19H20N4O2S/c1-13-5-10-18(23-22-13)20-11-12-21-26(24,25)17-9-7-15-4-2-3-14-6-8-16(17)19(14)15/h2-5,7,9-10,21H,6,8,11-12H2,1H3,(H,20,23). The second-order valence-corrected chi connectivity index (χ2v) is 8.18. The maximum Gasteiger partial charge on any atom is 0.240 e. The molecule has 0 fully saturated rings. The van der Waals surface area contributed by atoms with Crippen molar-refractivity contribution < 1.29 is 8.42 Å². The lowest BCUT2D eigenvalue weighted by Crippen LogP contribution is -2.29. The summed E-state index contributed by atoms with van der Waals surface area (Å²) < 4.78 is 28.2. The number of hydrogen-bond acceptors (Lipinski definition) is 5. The molecule has 4 rings (SSSR count). The van der Waals surface area contributed by atoms with E-state index in [-0.39, 0.29) is 6.54 Å². The van der Waals surface area contributed by atoms with Gasteiger partial charge in [-0.15, -0.1) is 5.10 Å². The van der Waals surface area contributed by atoms with Crippen LogP contribution in [0.15, 0.2) is 47.4 Å². The summed E-state index contributed by atoms with van der Waals surface area (Å²) in [4.78, 5) is 0.394. The maximum atomic E-state index is 12.8. The molecule has 6 nitrogen and oxygen atoms in total. The van der Waals surface area contributed by atoms with Gasteiger partial charge >= 0.3 is 0 Å². The Morgan fingerprint density at radius 1 is 1.00 bits per heavy atom. The number of hydrogen-bond donors (Lipinski definition) is 2. The van der Waals surface area contributed by atoms with E-state index in [0.717, 1.165) is 34.9 Å². The quantitative estimate of drug-likeness (QED) is 0.653. The minimum absolute atomic E-state index is 0.275. The highest BCUT2D eigenvalue weighted by Crippen LogP contribution is 2.34. The van der Waals surface area contributed by atoms with Crippen molar-refractivity contribution in [1.82, 2.24) is 14.9 Å². The molecule has 1 aliphatic carbocycles. The normalized spacial score (nSPS) is 13.3. The summed E-state index contributed by atoms with van der Waals surface area (Å²) in [5.74, 6) is 0.628. The molecule has 2 aromatic carbocycles. The Morgan fingerprint density at radius 3 is 2.69 bits per heavy atom. The van der Waals surface area contributed by atoms with Crippen molar-refractivity contribution in [2.75, 3.05) is 18.4 Å². The number of rotatable bonds is 6. The molecule has 0 bridgehead atoms. The number of benzene rings is 2. The van der Waals surface area contributed by atoms with Crippen LogP contribution >= 0.6 is 0 Å². The van der Waals surface area contributed by atoms with E-state index < -0.39 is 10.0 Å². The molecule has 0 spiro atoms. The third kappa shape index (κ3) is 3.15. The van der Waals surface area contributed by atoms with Crippen LogP contribution in [0.4, 0.5) is 5.82 Å². The van der Waals surface area contributed by atoms with Crippen LogP contribution in [0.2, 0.25) is 0 Å². The molecular weight excluding hydrogens is 348 g/mol. The Morgan fingerprint density at radius 2 is 1.88 bits per heavy atom. The van der Waals surface area contributed by atoms with Crippen LogP contribution in [0.3, 0.4) is 0 Å². The number of anilines is 1. The fourth-order valence-corrected chi connectivity index (χ4v) is 4.73. The lowest BCUT2D eigenvalue weighted by Gasteiger charge is -2.12. The number of aryl methyl sites for hydroxylation is 3. The zero-order valence-electron chi connectivity index (χ0n) is 14.5. The van der Waals surface area contributed by atoms with E-state index in [1.54, 1.807) is 6.07 Å². The summed E-state index contributed by atoms with van der Waals surface area (Å²) in [6.45, 7) is 2.58. The molecule has 0 atom stereocenters. The van der Waals surface area contributed by atoms with Gasteiger partial charge in [0.15, 0.2) is 0 Å². The van der Waals surface area contributed by atoms with Gasteiger partial charge in [0.2, 0.25) is 10.0 Å². The zero-order valence-corrected chi connectivity index (χ0v) is 15.3. The van der Waals surface area contributed by atoms with Crippen molar-refractivity contribution in [3.63, 3.8) is 0 Å². The molecule has 0 radical (unpaired) electrons. The van der Waals surface area contributed by atoms with Gasteiger partial charge in [0, 0.05) is 13.1 Å². The molecule has 7 heteroatoms. The number of aromatic nitrogens is 2. The van der Waals surface area contributed by atoms with Crippen LogP contribution < -0.4 is 10.0 Å².